The van der Waals surface area contributed by atoms with Crippen molar-refractivity contribution in [1.82, 2.24) is 4.98 Å². The third-order valence-corrected chi connectivity index (χ3v) is 4.56. The van der Waals surface area contributed by atoms with Crippen LogP contribution in [-0.2, 0) is 26.8 Å². The molecule has 1 atom stereocenters. The molecule has 1 N–H and O–H groups in total. The second-order valence-electron chi connectivity index (χ2n) is 3.92. The lowest BCUT2D eigenvalue weighted by Crippen LogP contribution is -2.09. The van der Waals surface area contributed by atoms with Crippen LogP contribution in [0.3, 0.4) is 0 Å². The maximum absolute atomic E-state index is 11.1. The number of fused-ring (bicyclic) bond motifs is 1. The van der Waals surface area contributed by atoms with E-state index >= 15 is 0 Å². The molecule has 0 aliphatic heterocycles. The first-order valence-electron chi connectivity index (χ1n) is 4.76. The fourth-order valence-electron chi connectivity index (χ4n) is 1.80. The highest BCUT2D eigenvalue weighted by Crippen LogP contribution is 2.36. The average molecular weight is 261 g/mol. The van der Waals surface area contributed by atoms with Gasteiger partial charge in [0, 0.05) is 11.1 Å². The Balaban J connectivity index is 2.29. The highest BCUT2D eigenvalue weighted by atomic mass is 32.2. The van der Waals surface area contributed by atoms with Crippen LogP contribution in [0.1, 0.15) is 27.9 Å². The van der Waals surface area contributed by atoms with E-state index in [-0.39, 0.29) is 5.75 Å². The molecule has 0 amide bonds. The fraction of sp³-hybridized carbons (Fsp3) is 0.556. The molecule has 1 aliphatic rings. The fourth-order valence-corrected chi connectivity index (χ4v) is 4.14. The Labute approximate surface area is 97.1 Å². The number of thiazole rings is 1. The number of sulfone groups is 1. The summed E-state index contributed by atoms with van der Waals surface area (Å²) in [4.78, 5) is 16.0. The van der Waals surface area contributed by atoms with E-state index in [1.54, 1.807) is 0 Å². The number of rotatable bonds is 3. The molecule has 2 rings (SSSR count). The number of carboxylic acids is 1. The average Bonchev–Trinajstić information content (AvgIpc) is 2.57. The van der Waals surface area contributed by atoms with Crippen molar-refractivity contribution >= 4 is 27.1 Å². The molecule has 88 valence electrons. The summed E-state index contributed by atoms with van der Waals surface area (Å²) >= 11 is 1.32. The summed E-state index contributed by atoms with van der Waals surface area (Å²) in [6, 6.07) is 0. The third-order valence-electron chi connectivity index (χ3n) is 2.45. The molecule has 1 unspecified atom stereocenters. The number of hydrogen-bond acceptors (Lipinski definition) is 5. The Morgan fingerprint density at radius 1 is 1.62 bits per heavy atom. The van der Waals surface area contributed by atoms with Gasteiger partial charge in [0.25, 0.3) is 0 Å². The van der Waals surface area contributed by atoms with Crippen LogP contribution in [0.25, 0.3) is 0 Å². The molecule has 0 spiro atoms. The molecule has 0 saturated carbocycles. The monoisotopic (exact) mass is 261 g/mol. The van der Waals surface area contributed by atoms with Gasteiger partial charge in [-0.15, -0.1) is 11.3 Å². The number of hydrogen-bond donors (Lipinski definition) is 1. The predicted molar refractivity (Wildman–Crippen MR) is 59.4 cm³/mol. The van der Waals surface area contributed by atoms with E-state index in [4.69, 9.17) is 5.11 Å². The Kier molecular flexibility index (Phi) is 2.75. The molecule has 16 heavy (non-hydrogen) atoms. The predicted octanol–water partition coefficient (Wildman–Crippen LogP) is 0.802. The van der Waals surface area contributed by atoms with E-state index in [1.165, 1.54) is 11.3 Å². The molecule has 0 bridgehead atoms. The second-order valence-corrected chi connectivity index (χ2v) is 7.22. The van der Waals surface area contributed by atoms with Gasteiger partial charge >= 0.3 is 5.97 Å². The first-order valence-corrected chi connectivity index (χ1v) is 7.63. The molecule has 0 fully saturated rings. The zero-order chi connectivity index (χ0) is 11.9. The van der Waals surface area contributed by atoms with Crippen LogP contribution in [0, 0.1) is 0 Å². The van der Waals surface area contributed by atoms with Gasteiger partial charge in [0.15, 0.2) is 9.84 Å². The van der Waals surface area contributed by atoms with Crippen molar-refractivity contribution in [1.29, 1.82) is 0 Å². The highest BCUT2D eigenvalue weighted by Gasteiger charge is 2.32. The summed E-state index contributed by atoms with van der Waals surface area (Å²) in [6.07, 6.45) is 2.41. The maximum Gasteiger partial charge on any atom is 0.312 e. The number of aryl methyl sites for hydroxylation is 1. The third kappa shape index (κ3) is 2.25. The van der Waals surface area contributed by atoms with Crippen LogP contribution in [0.2, 0.25) is 0 Å². The quantitative estimate of drug-likeness (QED) is 0.870. The molecule has 0 saturated heterocycles. The first kappa shape index (κ1) is 11.5. The molecule has 1 heterocycles. The summed E-state index contributed by atoms with van der Waals surface area (Å²) in [5.41, 5.74) is 0.566. The Bertz CT molecular complexity index is 532. The van der Waals surface area contributed by atoms with Crippen molar-refractivity contribution < 1.29 is 18.3 Å². The van der Waals surface area contributed by atoms with Crippen LogP contribution in [-0.4, -0.2) is 30.7 Å². The van der Waals surface area contributed by atoms with Crippen molar-refractivity contribution in [2.75, 3.05) is 6.26 Å². The smallest absolute Gasteiger partial charge is 0.312 e. The topological polar surface area (TPSA) is 84.3 Å². The normalized spacial score (nSPS) is 19.7. The van der Waals surface area contributed by atoms with Gasteiger partial charge in [-0.05, 0) is 12.8 Å². The summed E-state index contributed by atoms with van der Waals surface area (Å²) in [7, 11) is -3.10. The minimum atomic E-state index is -3.10. The standard InChI is InChI=1S/C9H11NO4S2/c1-16(13,14)4-7-10-8-5(9(11)12)2-3-6(8)15-7/h5H,2-4H2,1H3,(H,11,12). The van der Waals surface area contributed by atoms with Gasteiger partial charge in [-0.1, -0.05) is 0 Å². The minimum Gasteiger partial charge on any atom is -0.481 e. The lowest BCUT2D eigenvalue weighted by atomic mass is 10.1. The van der Waals surface area contributed by atoms with E-state index in [1.807, 2.05) is 0 Å². The molecule has 1 aliphatic carbocycles. The summed E-state index contributed by atoms with van der Waals surface area (Å²) in [5.74, 6) is -1.54. The highest BCUT2D eigenvalue weighted by molar-refractivity contribution is 7.90. The Hall–Kier alpha value is -0.950. The van der Waals surface area contributed by atoms with E-state index in [9.17, 15) is 13.2 Å². The van der Waals surface area contributed by atoms with Crippen molar-refractivity contribution in [2.24, 2.45) is 0 Å². The molecule has 5 nitrogen and oxygen atoms in total. The number of aromatic nitrogens is 1. The van der Waals surface area contributed by atoms with Crippen LogP contribution in [0.5, 0.6) is 0 Å². The molecule has 1 aromatic heterocycles. The van der Waals surface area contributed by atoms with Crippen molar-refractivity contribution in [3.63, 3.8) is 0 Å². The van der Waals surface area contributed by atoms with Crippen LogP contribution in [0.4, 0.5) is 0 Å². The van der Waals surface area contributed by atoms with E-state index in [0.29, 0.717) is 23.5 Å². The van der Waals surface area contributed by atoms with Gasteiger partial charge < -0.3 is 5.11 Å². The van der Waals surface area contributed by atoms with Crippen molar-refractivity contribution in [3.8, 4) is 0 Å². The van der Waals surface area contributed by atoms with Crippen LogP contribution in [0.15, 0.2) is 0 Å². The van der Waals surface area contributed by atoms with E-state index in [0.717, 1.165) is 11.1 Å². The van der Waals surface area contributed by atoms with Crippen molar-refractivity contribution in [2.45, 2.75) is 24.5 Å². The maximum atomic E-state index is 11.1. The Morgan fingerprint density at radius 3 is 2.88 bits per heavy atom. The van der Waals surface area contributed by atoms with Gasteiger partial charge in [0.1, 0.15) is 16.7 Å². The number of carboxylic acid groups (broad SMARTS) is 1. The zero-order valence-corrected chi connectivity index (χ0v) is 10.3. The molecule has 1 aromatic rings. The minimum absolute atomic E-state index is 0.100. The molecule has 0 radical (unpaired) electrons. The number of aliphatic carboxylic acids is 1. The molecular formula is C9H11NO4S2. The van der Waals surface area contributed by atoms with E-state index in [2.05, 4.69) is 4.98 Å². The zero-order valence-electron chi connectivity index (χ0n) is 8.63. The summed E-state index contributed by atoms with van der Waals surface area (Å²) in [5, 5.41) is 9.45. The van der Waals surface area contributed by atoms with Crippen LogP contribution < -0.4 is 0 Å². The SMILES string of the molecule is CS(=O)(=O)Cc1nc2c(s1)CCC2C(=O)O. The molecular weight excluding hydrogens is 250 g/mol. The van der Waals surface area contributed by atoms with Gasteiger partial charge in [0.05, 0.1) is 5.69 Å². The molecule has 0 aromatic carbocycles. The number of nitrogens with zero attached hydrogens (tertiary/aromatic N) is 1. The van der Waals surface area contributed by atoms with Gasteiger partial charge in [-0.25, -0.2) is 13.4 Å². The second kappa shape index (κ2) is 3.81. The number of carbonyl (C=O) groups is 1. The largest absolute Gasteiger partial charge is 0.481 e. The van der Waals surface area contributed by atoms with Gasteiger partial charge in [-0.3, -0.25) is 4.79 Å². The van der Waals surface area contributed by atoms with Gasteiger partial charge in [-0.2, -0.15) is 0 Å². The summed E-state index contributed by atoms with van der Waals surface area (Å²) < 4.78 is 22.2. The summed E-state index contributed by atoms with van der Waals surface area (Å²) in [6.45, 7) is 0. The lowest BCUT2D eigenvalue weighted by Gasteiger charge is -2.00. The van der Waals surface area contributed by atoms with E-state index < -0.39 is 21.7 Å². The Morgan fingerprint density at radius 2 is 2.31 bits per heavy atom. The van der Waals surface area contributed by atoms with Crippen molar-refractivity contribution in [3.05, 3.63) is 15.6 Å². The van der Waals surface area contributed by atoms with Crippen LogP contribution >= 0.6 is 11.3 Å². The lowest BCUT2D eigenvalue weighted by molar-refractivity contribution is -0.138. The first-order chi connectivity index (χ1) is 7.37. The molecule has 7 heteroatoms. The van der Waals surface area contributed by atoms with Gasteiger partial charge in [0.2, 0.25) is 0 Å².